The molecule has 0 amide bonds. The van der Waals surface area contributed by atoms with Gasteiger partial charge in [-0.25, -0.2) is 13.4 Å². The molecule has 2 heterocycles. The molecule has 0 aromatic carbocycles. The first kappa shape index (κ1) is 13.9. The van der Waals surface area contributed by atoms with Gasteiger partial charge in [-0.15, -0.1) is 0 Å². The maximum absolute atomic E-state index is 12.4. The van der Waals surface area contributed by atoms with E-state index < -0.39 is 10.0 Å². The number of likely N-dealkylation sites (N-methyl/N-ethyl adjacent to an activating group) is 1. The van der Waals surface area contributed by atoms with Gasteiger partial charge in [-0.05, 0) is 25.5 Å². The predicted molar refractivity (Wildman–Crippen MR) is 67.7 cm³/mol. The van der Waals surface area contributed by atoms with Crippen LogP contribution in [0.4, 0.5) is 0 Å². The Labute approximate surface area is 112 Å². The summed E-state index contributed by atoms with van der Waals surface area (Å²) in [5.41, 5.74) is 0.194. The summed E-state index contributed by atoms with van der Waals surface area (Å²) >= 11 is 0. The van der Waals surface area contributed by atoms with Gasteiger partial charge in [0.15, 0.2) is 0 Å². The zero-order valence-corrected chi connectivity index (χ0v) is 11.6. The first-order chi connectivity index (χ1) is 8.96. The highest BCUT2D eigenvalue weighted by Gasteiger charge is 2.35. The lowest BCUT2D eigenvalue weighted by Crippen LogP contribution is -2.40. The quantitative estimate of drug-likeness (QED) is 0.816. The molecule has 2 atom stereocenters. The van der Waals surface area contributed by atoms with Gasteiger partial charge >= 0.3 is 0 Å². The maximum Gasteiger partial charge on any atom is 0.244 e. The number of hydrogen-bond donors (Lipinski definition) is 0. The highest BCUT2D eigenvalue weighted by molar-refractivity contribution is 7.89. The van der Waals surface area contributed by atoms with Gasteiger partial charge in [0, 0.05) is 19.9 Å². The second-order valence-corrected chi connectivity index (χ2v) is 6.44. The van der Waals surface area contributed by atoms with E-state index in [0.717, 1.165) is 0 Å². The Morgan fingerprint density at radius 2 is 2.26 bits per heavy atom. The fourth-order valence-electron chi connectivity index (χ4n) is 2.14. The van der Waals surface area contributed by atoms with Crippen molar-refractivity contribution in [1.29, 1.82) is 5.26 Å². The third kappa shape index (κ3) is 2.61. The summed E-state index contributed by atoms with van der Waals surface area (Å²) in [6.07, 6.45) is 1.77. The van der Waals surface area contributed by atoms with Crippen LogP contribution in [0.25, 0.3) is 0 Å². The molecule has 0 N–H and O–H groups in total. The highest BCUT2D eigenvalue weighted by Crippen LogP contribution is 2.24. The van der Waals surface area contributed by atoms with Gasteiger partial charge in [0.25, 0.3) is 0 Å². The second-order valence-electron chi connectivity index (χ2n) is 4.44. The number of sulfonamides is 1. The molecule has 0 saturated carbocycles. The average molecular weight is 281 g/mol. The molecule has 102 valence electrons. The summed E-state index contributed by atoms with van der Waals surface area (Å²) in [6, 6.07) is 4.49. The van der Waals surface area contributed by atoms with Crippen molar-refractivity contribution in [3.05, 3.63) is 24.0 Å². The molecule has 0 aliphatic carbocycles. The molecule has 0 bridgehead atoms. The van der Waals surface area contributed by atoms with E-state index in [1.807, 2.05) is 13.0 Å². The van der Waals surface area contributed by atoms with Crippen LogP contribution >= 0.6 is 0 Å². The molecule has 1 aliphatic heterocycles. The van der Waals surface area contributed by atoms with Crippen LogP contribution in [0, 0.1) is 11.3 Å². The molecule has 6 nitrogen and oxygen atoms in total. The number of ether oxygens (including phenoxy) is 1. The molecule has 2 unspecified atom stereocenters. The van der Waals surface area contributed by atoms with Gasteiger partial charge < -0.3 is 4.74 Å². The smallest absolute Gasteiger partial charge is 0.244 e. The Morgan fingerprint density at radius 3 is 2.74 bits per heavy atom. The molecule has 0 radical (unpaired) electrons. The number of nitrogens with zero attached hydrogens (tertiary/aromatic N) is 3. The van der Waals surface area contributed by atoms with Gasteiger partial charge in [0.1, 0.15) is 16.7 Å². The van der Waals surface area contributed by atoms with Crippen molar-refractivity contribution in [2.45, 2.75) is 30.4 Å². The number of aromatic nitrogens is 1. The normalized spacial score (nSPS) is 23.5. The zero-order chi connectivity index (χ0) is 14.0. The van der Waals surface area contributed by atoms with E-state index in [2.05, 4.69) is 4.98 Å². The molecule has 2 rings (SSSR count). The van der Waals surface area contributed by atoms with Crippen molar-refractivity contribution in [3.8, 4) is 6.07 Å². The Kier molecular flexibility index (Phi) is 3.85. The fourth-order valence-corrected chi connectivity index (χ4v) is 3.53. The summed E-state index contributed by atoms with van der Waals surface area (Å²) in [7, 11) is -2.05. The molecule has 19 heavy (non-hydrogen) atoms. The number of hydrogen-bond acceptors (Lipinski definition) is 5. The van der Waals surface area contributed by atoms with Crippen molar-refractivity contribution >= 4 is 10.0 Å². The summed E-state index contributed by atoms with van der Waals surface area (Å²) in [5.74, 6) is 0. The first-order valence-corrected chi connectivity index (χ1v) is 7.36. The van der Waals surface area contributed by atoms with Gasteiger partial charge in [0.05, 0.1) is 12.1 Å². The molecule has 1 fully saturated rings. The van der Waals surface area contributed by atoms with Crippen LogP contribution in [-0.4, -0.2) is 43.5 Å². The maximum atomic E-state index is 12.4. The zero-order valence-electron chi connectivity index (χ0n) is 10.8. The van der Waals surface area contributed by atoms with Gasteiger partial charge in [-0.2, -0.15) is 9.57 Å². The number of rotatable bonds is 3. The number of nitriles is 1. The van der Waals surface area contributed by atoms with Crippen molar-refractivity contribution in [1.82, 2.24) is 9.29 Å². The summed E-state index contributed by atoms with van der Waals surface area (Å²) in [5, 5.41) is 8.66. The number of pyridine rings is 1. The first-order valence-electron chi connectivity index (χ1n) is 5.92. The van der Waals surface area contributed by atoms with E-state index in [4.69, 9.17) is 10.00 Å². The Morgan fingerprint density at radius 1 is 1.53 bits per heavy atom. The van der Waals surface area contributed by atoms with Gasteiger partial charge in [-0.1, -0.05) is 0 Å². The molecular formula is C12H15N3O3S. The molecular weight excluding hydrogens is 266 g/mol. The molecule has 1 aliphatic rings. The van der Waals surface area contributed by atoms with Crippen LogP contribution in [-0.2, 0) is 14.8 Å². The molecule has 1 saturated heterocycles. The summed E-state index contributed by atoms with van der Waals surface area (Å²) in [4.78, 5) is 3.88. The van der Waals surface area contributed by atoms with Crippen LogP contribution in [0.3, 0.4) is 0 Å². The SMILES string of the molecule is CC1OCCC1N(C)S(=O)(=O)c1ccc(C#N)nc1. The summed E-state index contributed by atoms with van der Waals surface area (Å²) < 4.78 is 31.5. The van der Waals surface area contributed by atoms with Crippen molar-refractivity contribution in [2.24, 2.45) is 0 Å². The van der Waals surface area contributed by atoms with E-state index in [9.17, 15) is 8.42 Å². The lowest BCUT2D eigenvalue weighted by atomic mass is 10.2. The van der Waals surface area contributed by atoms with E-state index in [-0.39, 0.29) is 22.7 Å². The van der Waals surface area contributed by atoms with Crippen molar-refractivity contribution < 1.29 is 13.2 Å². The van der Waals surface area contributed by atoms with Gasteiger partial charge in [0.2, 0.25) is 10.0 Å². The van der Waals surface area contributed by atoms with Gasteiger partial charge in [-0.3, -0.25) is 0 Å². The molecule has 1 aromatic heterocycles. The predicted octanol–water partition coefficient (Wildman–Crippen LogP) is 0.751. The lowest BCUT2D eigenvalue weighted by Gasteiger charge is -2.25. The minimum Gasteiger partial charge on any atom is -0.377 e. The topological polar surface area (TPSA) is 83.3 Å². The van der Waals surface area contributed by atoms with Crippen LogP contribution in [0.5, 0.6) is 0 Å². The highest BCUT2D eigenvalue weighted by atomic mass is 32.2. The third-order valence-electron chi connectivity index (χ3n) is 3.33. The molecule has 1 aromatic rings. The largest absolute Gasteiger partial charge is 0.377 e. The second kappa shape index (κ2) is 5.25. The third-order valence-corrected chi connectivity index (χ3v) is 5.20. The van der Waals surface area contributed by atoms with Crippen molar-refractivity contribution in [2.75, 3.05) is 13.7 Å². The summed E-state index contributed by atoms with van der Waals surface area (Å²) in [6.45, 7) is 2.43. The Bertz CT molecular complexity index is 592. The standard InChI is InChI=1S/C12H15N3O3S/c1-9-12(5-6-18-9)15(2)19(16,17)11-4-3-10(7-13)14-8-11/h3-4,8-9,12H,5-6H2,1-2H3. The average Bonchev–Trinajstić information content (AvgIpc) is 2.84. The fraction of sp³-hybridized carbons (Fsp3) is 0.500. The van der Waals surface area contributed by atoms with Crippen LogP contribution in [0.1, 0.15) is 19.0 Å². The van der Waals surface area contributed by atoms with Crippen LogP contribution in [0.2, 0.25) is 0 Å². The lowest BCUT2D eigenvalue weighted by molar-refractivity contribution is 0.102. The van der Waals surface area contributed by atoms with Crippen molar-refractivity contribution in [3.63, 3.8) is 0 Å². The Balaban J connectivity index is 2.28. The minimum absolute atomic E-state index is 0.0908. The monoisotopic (exact) mass is 281 g/mol. The molecule has 0 spiro atoms. The van der Waals surface area contributed by atoms with E-state index in [0.29, 0.717) is 13.0 Å². The Hall–Kier alpha value is -1.49. The minimum atomic E-state index is -3.60. The van der Waals surface area contributed by atoms with Crippen LogP contribution < -0.4 is 0 Å². The van der Waals surface area contributed by atoms with E-state index in [1.54, 1.807) is 7.05 Å². The molecule has 7 heteroatoms. The van der Waals surface area contributed by atoms with E-state index in [1.165, 1.54) is 22.6 Å². The van der Waals surface area contributed by atoms with Crippen LogP contribution in [0.15, 0.2) is 23.2 Å². The van der Waals surface area contributed by atoms with E-state index >= 15 is 0 Å².